The Morgan fingerprint density at radius 2 is 1.69 bits per heavy atom. The van der Waals surface area contributed by atoms with E-state index in [-0.39, 0.29) is 18.3 Å². The average Bonchev–Trinajstić information content (AvgIpc) is 2.51. The van der Waals surface area contributed by atoms with Crippen LogP contribution in [0.4, 0.5) is 0 Å². The summed E-state index contributed by atoms with van der Waals surface area (Å²) in [6.07, 6.45) is 1.85. The molecule has 0 atom stereocenters. The first-order valence-corrected chi connectivity index (χ1v) is 5.78. The van der Waals surface area contributed by atoms with Crippen molar-refractivity contribution in [3.05, 3.63) is 17.3 Å². The molecule has 0 aliphatic carbocycles. The Bertz CT molecular complexity index is 398. The minimum absolute atomic E-state index is 0.311. The summed E-state index contributed by atoms with van der Waals surface area (Å²) in [4.78, 5) is 0. The Hall–Kier alpha value is -0.445. The molecule has 88 valence electrons. The molecule has 0 N–H and O–H groups in total. The van der Waals surface area contributed by atoms with Gasteiger partial charge in [0.2, 0.25) is 0 Å². The van der Waals surface area contributed by atoms with Gasteiger partial charge in [0.25, 0.3) is 0 Å². The van der Waals surface area contributed by atoms with E-state index in [9.17, 15) is 0 Å². The fourth-order valence-electron chi connectivity index (χ4n) is 1.74. The number of aryl methyl sites for hydroxylation is 1. The lowest BCUT2D eigenvalue weighted by molar-refractivity contribution is 0.00578. The van der Waals surface area contributed by atoms with Gasteiger partial charge in [-0.25, -0.2) is 0 Å². The first kappa shape index (κ1) is 12.0. The summed E-state index contributed by atoms with van der Waals surface area (Å²) < 4.78 is 13.8. The molecule has 1 aliphatic rings. The standard InChI is InChI=1S/C11H17BClNO2/c1-10(2)11(3,4)16-12(15-10)9-6-8(13)7-14(9)5/h6-7H,1-5H3. The van der Waals surface area contributed by atoms with E-state index < -0.39 is 0 Å². The van der Waals surface area contributed by atoms with E-state index in [2.05, 4.69) is 0 Å². The van der Waals surface area contributed by atoms with Crippen molar-refractivity contribution < 1.29 is 9.31 Å². The van der Waals surface area contributed by atoms with Crippen LogP contribution in [0.3, 0.4) is 0 Å². The van der Waals surface area contributed by atoms with Crippen molar-refractivity contribution in [2.24, 2.45) is 7.05 Å². The van der Waals surface area contributed by atoms with Crippen LogP contribution in [0.25, 0.3) is 0 Å². The zero-order valence-corrected chi connectivity index (χ0v) is 11.1. The Kier molecular flexibility index (Phi) is 2.65. The monoisotopic (exact) mass is 241 g/mol. The average molecular weight is 242 g/mol. The maximum Gasteiger partial charge on any atom is 0.512 e. The SMILES string of the molecule is Cn1cc(Cl)cc1B1OC(C)(C)C(C)(C)O1. The normalized spacial score (nSPS) is 22.8. The predicted octanol–water partition coefficient (Wildman–Crippen LogP) is 1.98. The molecule has 0 bridgehead atoms. The van der Waals surface area contributed by atoms with E-state index >= 15 is 0 Å². The third kappa shape index (κ3) is 1.79. The van der Waals surface area contributed by atoms with E-state index in [0.717, 1.165) is 5.59 Å². The molecule has 2 rings (SSSR count). The van der Waals surface area contributed by atoms with Crippen molar-refractivity contribution in [2.45, 2.75) is 38.9 Å². The van der Waals surface area contributed by atoms with Crippen LogP contribution in [0.15, 0.2) is 12.3 Å². The van der Waals surface area contributed by atoms with Crippen molar-refractivity contribution in [1.29, 1.82) is 0 Å². The molecule has 1 saturated heterocycles. The summed E-state index contributed by atoms with van der Waals surface area (Å²) in [5.74, 6) is 0. The molecule has 0 radical (unpaired) electrons. The van der Waals surface area contributed by atoms with Gasteiger partial charge in [0.05, 0.1) is 16.2 Å². The van der Waals surface area contributed by atoms with E-state index in [1.54, 1.807) is 0 Å². The summed E-state index contributed by atoms with van der Waals surface area (Å²) in [5, 5.41) is 0.701. The predicted molar refractivity (Wildman–Crippen MR) is 66.1 cm³/mol. The summed E-state index contributed by atoms with van der Waals surface area (Å²) in [6, 6.07) is 1.88. The van der Waals surface area contributed by atoms with Crippen LogP contribution >= 0.6 is 11.6 Å². The molecular formula is C11H17BClNO2. The number of aromatic nitrogens is 1. The molecule has 0 spiro atoms. The second-order valence-corrected chi connectivity index (χ2v) is 5.72. The smallest absolute Gasteiger partial charge is 0.398 e. The maximum atomic E-state index is 5.95. The molecule has 0 unspecified atom stereocenters. The molecular weight excluding hydrogens is 224 g/mol. The number of nitrogens with zero attached hydrogens (tertiary/aromatic N) is 1. The second kappa shape index (κ2) is 3.52. The van der Waals surface area contributed by atoms with E-state index in [1.807, 2.05) is 51.6 Å². The highest BCUT2D eigenvalue weighted by atomic mass is 35.5. The Morgan fingerprint density at radius 1 is 1.19 bits per heavy atom. The summed E-state index contributed by atoms with van der Waals surface area (Å²) in [5.41, 5.74) is 0.326. The fraction of sp³-hybridized carbons (Fsp3) is 0.636. The third-order valence-electron chi connectivity index (χ3n) is 3.50. The van der Waals surface area contributed by atoms with Gasteiger partial charge in [-0.3, -0.25) is 0 Å². The van der Waals surface area contributed by atoms with Crippen molar-refractivity contribution >= 4 is 24.3 Å². The van der Waals surface area contributed by atoms with Gasteiger partial charge in [0.1, 0.15) is 0 Å². The van der Waals surface area contributed by atoms with Gasteiger partial charge in [0.15, 0.2) is 0 Å². The Balaban J connectivity index is 2.30. The molecule has 16 heavy (non-hydrogen) atoms. The minimum atomic E-state index is -0.345. The molecule has 1 fully saturated rings. The lowest BCUT2D eigenvalue weighted by Gasteiger charge is -2.32. The van der Waals surface area contributed by atoms with Gasteiger partial charge in [0, 0.05) is 18.8 Å². The van der Waals surface area contributed by atoms with Gasteiger partial charge >= 0.3 is 7.12 Å². The lowest BCUT2D eigenvalue weighted by atomic mass is 9.85. The number of rotatable bonds is 1. The van der Waals surface area contributed by atoms with Crippen LogP contribution in [0.2, 0.25) is 5.02 Å². The van der Waals surface area contributed by atoms with E-state index in [4.69, 9.17) is 20.9 Å². The van der Waals surface area contributed by atoms with Crippen LogP contribution < -0.4 is 5.59 Å². The van der Waals surface area contributed by atoms with Crippen LogP contribution in [0.1, 0.15) is 27.7 Å². The van der Waals surface area contributed by atoms with E-state index in [0.29, 0.717) is 5.02 Å². The molecule has 2 heterocycles. The maximum absolute atomic E-state index is 5.95. The van der Waals surface area contributed by atoms with Crippen LogP contribution in [0.5, 0.6) is 0 Å². The van der Waals surface area contributed by atoms with Crippen LogP contribution in [-0.2, 0) is 16.4 Å². The van der Waals surface area contributed by atoms with Crippen molar-refractivity contribution in [3.63, 3.8) is 0 Å². The first-order chi connectivity index (χ1) is 7.23. The fourth-order valence-corrected chi connectivity index (χ4v) is 2.00. The highest BCUT2D eigenvalue weighted by molar-refractivity contribution is 6.61. The number of halogens is 1. The highest BCUT2D eigenvalue weighted by Gasteiger charge is 2.52. The van der Waals surface area contributed by atoms with Gasteiger partial charge < -0.3 is 13.9 Å². The van der Waals surface area contributed by atoms with Gasteiger partial charge in [-0.2, -0.15) is 0 Å². The summed E-state index contributed by atoms with van der Waals surface area (Å²) in [6.45, 7) is 8.16. The zero-order valence-electron chi connectivity index (χ0n) is 10.4. The molecule has 0 amide bonds. The van der Waals surface area contributed by atoms with Gasteiger partial charge in [-0.15, -0.1) is 0 Å². The lowest BCUT2D eigenvalue weighted by Crippen LogP contribution is -2.41. The highest BCUT2D eigenvalue weighted by Crippen LogP contribution is 2.36. The van der Waals surface area contributed by atoms with Crippen molar-refractivity contribution in [3.8, 4) is 0 Å². The molecule has 5 heteroatoms. The summed E-state index contributed by atoms with van der Waals surface area (Å²) in [7, 11) is 1.59. The minimum Gasteiger partial charge on any atom is -0.398 e. The van der Waals surface area contributed by atoms with Gasteiger partial charge in [-0.05, 0) is 33.8 Å². The Morgan fingerprint density at radius 3 is 2.06 bits per heavy atom. The quantitative estimate of drug-likeness (QED) is 0.702. The molecule has 1 aliphatic heterocycles. The zero-order chi connectivity index (χ0) is 12.1. The van der Waals surface area contributed by atoms with Crippen LogP contribution in [-0.4, -0.2) is 22.9 Å². The van der Waals surface area contributed by atoms with Gasteiger partial charge in [-0.1, -0.05) is 11.6 Å². The van der Waals surface area contributed by atoms with Crippen molar-refractivity contribution in [2.75, 3.05) is 0 Å². The summed E-state index contributed by atoms with van der Waals surface area (Å²) >= 11 is 5.95. The largest absolute Gasteiger partial charge is 0.512 e. The Labute approximate surface area is 102 Å². The third-order valence-corrected chi connectivity index (χ3v) is 3.71. The molecule has 0 aromatic carbocycles. The van der Waals surface area contributed by atoms with E-state index in [1.165, 1.54) is 0 Å². The molecule has 0 saturated carbocycles. The molecule has 3 nitrogen and oxygen atoms in total. The van der Waals surface area contributed by atoms with Crippen molar-refractivity contribution in [1.82, 2.24) is 4.57 Å². The van der Waals surface area contributed by atoms with Crippen LogP contribution in [0, 0.1) is 0 Å². The molecule has 1 aromatic heterocycles. The molecule has 1 aromatic rings. The number of hydrogen-bond acceptors (Lipinski definition) is 2. The topological polar surface area (TPSA) is 23.4 Å². The first-order valence-electron chi connectivity index (χ1n) is 5.40. The second-order valence-electron chi connectivity index (χ2n) is 5.28. The number of hydrogen-bond donors (Lipinski definition) is 0.